The molecule has 1 saturated carbocycles. The van der Waals surface area contributed by atoms with Crippen molar-refractivity contribution in [1.29, 1.82) is 0 Å². The topological polar surface area (TPSA) is 62.2 Å². The van der Waals surface area contributed by atoms with Gasteiger partial charge in [-0.25, -0.2) is 0 Å². The maximum absolute atomic E-state index is 11.5. The lowest BCUT2D eigenvalue weighted by Gasteiger charge is -2.02. The van der Waals surface area contributed by atoms with Crippen LogP contribution in [-0.4, -0.2) is 29.4 Å². The Hall–Kier alpha value is -1.36. The van der Waals surface area contributed by atoms with Gasteiger partial charge in [-0.1, -0.05) is 0 Å². The van der Waals surface area contributed by atoms with Gasteiger partial charge >= 0.3 is 7.48 Å². The molecule has 4 nitrogen and oxygen atoms in total. The van der Waals surface area contributed by atoms with Crippen molar-refractivity contribution in [2.45, 2.75) is 18.9 Å². The van der Waals surface area contributed by atoms with Crippen LogP contribution in [-0.2, 0) is 0 Å². The first kappa shape index (κ1) is 9.21. The standard InChI is InChI=1S/C9H11BN2O2/c13-9(12-7-1-2-7)8-5-6(10-14)3-4-11-8/h3-5,7,10,14H,1-2H2,(H,12,13). The van der Waals surface area contributed by atoms with Crippen molar-refractivity contribution in [3.8, 4) is 0 Å². The third-order valence-corrected chi connectivity index (χ3v) is 2.15. The van der Waals surface area contributed by atoms with E-state index < -0.39 is 0 Å². The number of carbonyl (C=O) groups is 1. The van der Waals surface area contributed by atoms with E-state index >= 15 is 0 Å². The van der Waals surface area contributed by atoms with E-state index in [0.717, 1.165) is 12.8 Å². The fourth-order valence-electron chi connectivity index (χ4n) is 1.18. The van der Waals surface area contributed by atoms with Gasteiger partial charge in [0.05, 0.1) is 0 Å². The molecule has 0 unspecified atom stereocenters. The minimum atomic E-state index is -0.150. The molecule has 1 aliphatic carbocycles. The number of carbonyl (C=O) groups excluding carboxylic acids is 1. The molecule has 0 atom stereocenters. The Morgan fingerprint density at radius 2 is 2.43 bits per heavy atom. The van der Waals surface area contributed by atoms with Gasteiger partial charge in [-0.2, -0.15) is 0 Å². The Bertz CT molecular complexity index is 352. The van der Waals surface area contributed by atoms with Crippen molar-refractivity contribution in [3.05, 3.63) is 24.0 Å². The maximum Gasteiger partial charge on any atom is 0.304 e. The lowest BCUT2D eigenvalue weighted by molar-refractivity contribution is 0.0946. The number of hydrogen-bond acceptors (Lipinski definition) is 3. The number of aromatic nitrogens is 1. The zero-order valence-electron chi connectivity index (χ0n) is 7.73. The van der Waals surface area contributed by atoms with Gasteiger partial charge in [0.2, 0.25) is 0 Å². The van der Waals surface area contributed by atoms with Crippen LogP contribution < -0.4 is 10.8 Å². The molecule has 2 rings (SSSR count). The van der Waals surface area contributed by atoms with Gasteiger partial charge in [0.1, 0.15) is 5.69 Å². The smallest absolute Gasteiger partial charge is 0.304 e. The van der Waals surface area contributed by atoms with E-state index in [1.54, 1.807) is 12.1 Å². The molecule has 5 heteroatoms. The summed E-state index contributed by atoms with van der Waals surface area (Å²) in [7, 11) is -0.0633. The predicted octanol–water partition coefficient (Wildman–Crippen LogP) is -1.06. The van der Waals surface area contributed by atoms with Gasteiger partial charge in [-0.15, -0.1) is 0 Å². The van der Waals surface area contributed by atoms with Crippen LogP contribution in [0.2, 0.25) is 0 Å². The number of pyridine rings is 1. The molecule has 14 heavy (non-hydrogen) atoms. The lowest BCUT2D eigenvalue weighted by atomic mass is 9.89. The highest BCUT2D eigenvalue weighted by atomic mass is 16.2. The summed E-state index contributed by atoms with van der Waals surface area (Å²) in [4.78, 5) is 15.5. The number of amides is 1. The molecule has 1 aliphatic rings. The molecule has 1 fully saturated rings. The molecule has 2 N–H and O–H groups in total. The van der Waals surface area contributed by atoms with Crippen LogP contribution in [0.25, 0.3) is 0 Å². The summed E-state index contributed by atoms with van der Waals surface area (Å²) in [5.74, 6) is -0.150. The van der Waals surface area contributed by atoms with Crippen LogP contribution in [0.5, 0.6) is 0 Å². The zero-order chi connectivity index (χ0) is 9.97. The third-order valence-electron chi connectivity index (χ3n) is 2.15. The quantitative estimate of drug-likeness (QED) is 0.597. The molecule has 0 aliphatic heterocycles. The molecular weight excluding hydrogens is 179 g/mol. The Balaban J connectivity index is 2.09. The predicted molar refractivity (Wildman–Crippen MR) is 53.7 cm³/mol. The van der Waals surface area contributed by atoms with Gasteiger partial charge < -0.3 is 10.3 Å². The second-order valence-corrected chi connectivity index (χ2v) is 3.46. The summed E-state index contributed by atoms with van der Waals surface area (Å²) in [6.07, 6.45) is 3.66. The molecule has 0 saturated heterocycles. The van der Waals surface area contributed by atoms with E-state index in [0.29, 0.717) is 17.2 Å². The van der Waals surface area contributed by atoms with Crippen LogP contribution >= 0.6 is 0 Å². The summed E-state index contributed by atoms with van der Waals surface area (Å²) >= 11 is 0. The first-order chi connectivity index (χ1) is 6.79. The van der Waals surface area contributed by atoms with E-state index in [1.165, 1.54) is 6.20 Å². The number of nitrogens with zero attached hydrogens (tertiary/aromatic N) is 1. The van der Waals surface area contributed by atoms with Gasteiger partial charge in [0.25, 0.3) is 5.91 Å². The normalized spacial score (nSPS) is 14.9. The first-order valence-corrected chi connectivity index (χ1v) is 4.66. The summed E-state index contributed by atoms with van der Waals surface area (Å²) < 4.78 is 0. The van der Waals surface area contributed by atoms with Crippen molar-refractivity contribution < 1.29 is 9.82 Å². The average Bonchev–Trinajstić information content (AvgIpc) is 3.02. The minimum Gasteiger partial charge on any atom is -0.449 e. The summed E-state index contributed by atoms with van der Waals surface area (Å²) in [5.41, 5.74) is 1.09. The molecule has 1 amide bonds. The molecule has 1 aromatic rings. The highest BCUT2D eigenvalue weighted by molar-refractivity contribution is 6.45. The summed E-state index contributed by atoms with van der Waals surface area (Å²) in [6.45, 7) is 0. The molecule has 0 radical (unpaired) electrons. The van der Waals surface area contributed by atoms with E-state index in [-0.39, 0.29) is 13.4 Å². The minimum absolute atomic E-state index is 0.0633. The van der Waals surface area contributed by atoms with Crippen molar-refractivity contribution in [2.24, 2.45) is 0 Å². The van der Waals surface area contributed by atoms with Gasteiger partial charge in [-0.05, 0) is 30.4 Å². The fraction of sp³-hybridized carbons (Fsp3) is 0.333. The second kappa shape index (κ2) is 3.80. The summed E-state index contributed by atoms with van der Waals surface area (Å²) in [5, 5.41) is 11.7. The monoisotopic (exact) mass is 190 g/mol. The molecular formula is C9H11BN2O2. The van der Waals surface area contributed by atoms with E-state index in [2.05, 4.69) is 10.3 Å². The zero-order valence-corrected chi connectivity index (χ0v) is 7.73. The fourth-order valence-corrected chi connectivity index (χ4v) is 1.18. The van der Waals surface area contributed by atoms with Crippen LogP contribution in [0.1, 0.15) is 23.3 Å². The summed E-state index contributed by atoms with van der Waals surface area (Å²) in [6, 6.07) is 3.63. The number of hydrogen-bond donors (Lipinski definition) is 2. The Kier molecular flexibility index (Phi) is 2.50. The molecule has 1 aromatic heterocycles. The highest BCUT2D eigenvalue weighted by Crippen LogP contribution is 2.18. The molecule has 0 spiro atoms. The van der Waals surface area contributed by atoms with E-state index in [1.807, 2.05) is 0 Å². The lowest BCUT2D eigenvalue weighted by Crippen LogP contribution is -2.28. The van der Waals surface area contributed by atoms with Crippen LogP contribution in [0.4, 0.5) is 0 Å². The van der Waals surface area contributed by atoms with Crippen LogP contribution in [0, 0.1) is 0 Å². The molecule has 0 bridgehead atoms. The second-order valence-electron chi connectivity index (χ2n) is 3.46. The first-order valence-electron chi connectivity index (χ1n) is 4.66. The van der Waals surface area contributed by atoms with Crippen molar-refractivity contribution >= 4 is 18.9 Å². The molecule has 1 heterocycles. The van der Waals surface area contributed by atoms with Crippen LogP contribution in [0.15, 0.2) is 18.3 Å². The van der Waals surface area contributed by atoms with Crippen molar-refractivity contribution in [3.63, 3.8) is 0 Å². The largest absolute Gasteiger partial charge is 0.449 e. The average molecular weight is 190 g/mol. The Labute approximate surface area is 82.6 Å². The van der Waals surface area contributed by atoms with E-state index in [4.69, 9.17) is 5.02 Å². The number of nitrogens with one attached hydrogen (secondary N) is 1. The Morgan fingerprint density at radius 1 is 1.64 bits per heavy atom. The SMILES string of the molecule is O=C(NC1CC1)c1cc(BO)ccn1. The molecule has 72 valence electrons. The third kappa shape index (κ3) is 2.11. The van der Waals surface area contributed by atoms with Gasteiger partial charge in [0.15, 0.2) is 0 Å². The molecule has 0 aromatic carbocycles. The highest BCUT2D eigenvalue weighted by Gasteiger charge is 2.24. The van der Waals surface area contributed by atoms with Crippen molar-refractivity contribution in [2.75, 3.05) is 0 Å². The maximum atomic E-state index is 11.5. The van der Waals surface area contributed by atoms with Crippen molar-refractivity contribution in [1.82, 2.24) is 10.3 Å². The van der Waals surface area contributed by atoms with Gasteiger partial charge in [-0.3, -0.25) is 9.78 Å². The Morgan fingerprint density at radius 3 is 3.07 bits per heavy atom. The van der Waals surface area contributed by atoms with Gasteiger partial charge in [0, 0.05) is 12.2 Å². The number of rotatable bonds is 3. The van der Waals surface area contributed by atoms with E-state index in [9.17, 15) is 4.79 Å². The van der Waals surface area contributed by atoms with Crippen LogP contribution in [0.3, 0.4) is 0 Å².